The van der Waals surface area contributed by atoms with Gasteiger partial charge in [-0.15, -0.1) is 0 Å². The van der Waals surface area contributed by atoms with Gasteiger partial charge < -0.3 is 10.1 Å². The molecule has 1 N–H and O–H groups in total. The SMILES string of the molecule is COc1ccc(Cl)cc1C(=O)NCCC1CCCCN1S(=O)(=O)c1ccc(C)cc1. The van der Waals surface area contributed by atoms with Gasteiger partial charge in [0.05, 0.1) is 17.6 Å². The van der Waals surface area contributed by atoms with Gasteiger partial charge in [-0.05, 0) is 56.5 Å². The number of rotatable bonds is 7. The lowest BCUT2D eigenvalue weighted by Crippen LogP contribution is -2.45. The van der Waals surface area contributed by atoms with Crippen LogP contribution in [0.5, 0.6) is 5.75 Å². The van der Waals surface area contributed by atoms with Crippen molar-refractivity contribution in [3.63, 3.8) is 0 Å². The molecule has 2 aromatic carbocycles. The van der Waals surface area contributed by atoms with E-state index >= 15 is 0 Å². The molecule has 3 rings (SSSR count). The van der Waals surface area contributed by atoms with Gasteiger partial charge in [0.15, 0.2) is 0 Å². The van der Waals surface area contributed by atoms with Crippen LogP contribution in [0.25, 0.3) is 0 Å². The lowest BCUT2D eigenvalue weighted by molar-refractivity contribution is 0.0946. The quantitative estimate of drug-likeness (QED) is 0.691. The Hall–Kier alpha value is -2.09. The predicted octanol–water partition coefficient (Wildman–Crippen LogP) is 4.02. The summed E-state index contributed by atoms with van der Waals surface area (Å²) in [4.78, 5) is 12.9. The number of piperidine rings is 1. The Labute approximate surface area is 183 Å². The van der Waals surface area contributed by atoms with E-state index in [0.717, 1.165) is 24.8 Å². The van der Waals surface area contributed by atoms with Gasteiger partial charge in [-0.25, -0.2) is 8.42 Å². The first-order valence-electron chi connectivity index (χ1n) is 10.0. The number of nitrogens with zero attached hydrogens (tertiary/aromatic N) is 1. The minimum atomic E-state index is -3.56. The molecule has 162 valence electrons. The number of hydrogen-bond donors (Lipinski definition) is 1. The van der Waals surface area contributed by atoms with Crippen molar-refractivity contribution in [2.45, 2.75) is 43.5 Å². The molecule has 0 spiro atoms. The van der Waals surface area contributed by atoms with Crippen LogP contribution in [0, 0.1) is 6.92 Å². The first-order valence-corrected chi connectivity index (χ1v) is 11.8. The van der Waals surface area contributed by atoms with E-state index in [4.69, 9.17) is 16.3 Å². The number of sulfonamides is 1. The van der Waals surface area contributed by atoms with Gasteiger partial charge in [-0.2, -0.15) is 4.31 Å². The molecule has 8 heteroatoms. The molecule has 6 nitrogen and oxygen atoms in total. The van der Waals surface area contributed by atoms with Crippen LogP contribution in [0.3, 0.4) is 0 Å². The summed E-state index contributed by atoms with van der Waals surface area (Å²) >= 11 is 6.00. The third-order valence-corrected chi connectivity index (χ3v) is 7.57. The monoisotopic (exact) mass is 450 g/mol. The summed E-state index contributed by atoms with van der Waals surface area (Å²) in [6.45, 7) is 2.79. The molecule has 0 aromatic heterocycles. The highest BCUT2D eigenvalue weighted by atomic mass is 35.5. The molecule has 0 aliphatic carbocycles. The Bertz CT molecular complexity index is 993. The Morgan fingerprint density at radius 1 is 1.20 bits per heavy atom. The van der Waals surface area contributed by atoms with Crippen LogP contribution < -0.4 is 10.1 Å². The molecule has 1 fully saturated rings. The van der Waals surface area contributed by atoms with E-state index < -0.39 is 10.0 Å². The maximum atomic E-state index is 13.2. The smallest absolute Gasteiger partial charge is 0.255 e. The van der Waals surface area contributed by atoms with E-state index in [-0.39, 0.29) is 11.9 Å². The summed E-state index contributed by atoms with van der Waals surface area (Å²) < 4.78 is 33.1. The normalized spacial score (nSPS) is 17.5. The molecule has 30 heavy (non-hydrogen) atoms. The third kappa shape index (κ3) is 5.14. The second-order valence-corrected chi connectivity index (χ2v) is 9.79. The maximum Gasteiger partial charge on any atom is 0.255 e. The number of aryl methyl sites for hydroxylation is 1. The molecule has 1 aliphatic heterocycles. The van der Waals surface area contributed by atoms with E-state index in [1.807, 2.05) is 19.1 Å². The molecule has 0 bridgehead atoms. The molecule has 2 aromatic rings. The van der Waals surface area contributed by atoms with Crippen molar-refractivity contribution in [3.05, 3.63) is 58.6 Å². The number of hydrogen-bond acceptors (Lipinski definition) is 4. The van der Waals surface area contributed by atoms with Gasteiger partial charge in [-0.1, -0.05) is 35.7 Å². The van der Waals surface area contributed by atoms with E-state index in [9.17, 15) is 13.2 Å². The van der Waals surface area contributed by atoms with Gasteiger partial charge in [0.25, 0.3) is 5.91 Å². The largest absolute Gasteiger partial charge is 0.496 e. The highest BCUT2D eigenvalue weighted by molar-refractivity contribution is 7.89. The van der Waals surface area contributed by atoms with Crippen LogP contribution >= 0.6 is 11.6 Å². The summed E-state index contributed by atoms with van der Waals surface area (Å²) in [6, 6.07) is 11.7. The van der Waals surface area contributed by atoms with Crippen molar-refractivity contribution in [2.75, 3.05) is 20.2 Å². The average Bonchev–Trinajstić information content (AvgIpc) is 2.74. The zero-order valence-electron chi connectivity index (χ0n) is 17.2. The molecule has 0 radical (unpaired) electrons. The summed E-state index contributed by atoms with van der Waals surface area (Å²) in [6.07, 6.45) is 3.13. The first-order chi connectivity index (χ1) is 14.3. The van der Waals surface area contributed by atoms with Gasteiger partial charge in [0.1, 0.15) is 5.75 Å². The molecular formula is C22H27ClN2O4S. The number of nitrogens with one attached hydrogen (secondary N) is 1. The maximum absolute atomic E-state index is 13.2. The Morgan fingerprint density at radius 3 is 2.63 bits per heavy atom. The molecule has 1 amide bonds. The minimum absolute atomic E-state index is 0.147. The second kappa shape index (κ2) is 9.81. The molecule has 1 aliphatic rings. The van der Waals surface area contributed by atoms with Crippen LogP contribution in [0.2, 0.25) is 5.02 Å². The molecule has 1 heterocycles. The number of benzene rings is 2. The van der Waals surface area contributed by atoms with E-state index in [1.54, 1.807) is 34.6 Å². The lowest BCUT2D eigenvalue weighted by Gasteiger charge is -2.34. The van der Waals surface area contributed by atoms with E-state index in [2.05, 4.69) is 5.32 Å². The van der Waals surface area contributed by atoms with Crippen LogP contribution in [-0.4, -0.2) is 44.9 Å². The number of methoxy groups -OCH3 is 1. The Kier molecular flexibility index (Phi) is 7.39. The molecular weight excluding hydrogens is 424 g/mol. The Balaban J connectivity index is 1.67. The number of ether oxygens (including phenoxy) is 1. The van der Waals surface area contributed by atoms with Crippen molar-refractivity contribution in [2.24, 2.45) is 0 Å². The number of halogens is 1. The third-order valence-electron chi connectivity index (χ3n) is 5.37. The van der Waals surface area contributed by atoms with Crippen LogP contribution in [0.1, 0.15) is 41.6 Å². The fourth-order valence-corrected chi connectivity index (χ4v) is 5.63. The van der Waals surface area contributed by atoms with Crippen molar-refractivity contribution >= 4 is 27.5 Å². The standard InChI is InChI=1S/C22H27ClN2O4S/c1-16-6-9-19(10-7-16)30(27,28)25-14-4-3-5-18(25)12-13-24-22(26)20-15-17(23)8-11-21(20)29-2/h6-11,15,18H,3-5,12-14H2,1-2H3,(H,24,26). The minimum Gasteiger partial charge on any atom is -0.496 e. The van der Waals surface area contributed by atoms with Crippen molar-refractivity contribution in [3.8, 4) is 5.75 Å². The summed E-state index contributed by atoms with van der Waals surface area (Å²) in [5, 5.41) is 3.32. The fourth-order valence-electron chi connectivity index (χ4n) is 3.73. The highest BCUT2D eigenvalue weighted by Gasteiger charge is 2.33. The summed E-state index contributed by atoms with van der Waals surface area (Å²) in [5.74, 6) is 0.149. The molecule has 1 unspecified atom stereocenters. The molecule has 0 saturated carbocycles. The van der Waals surface area contributed by atoms with Crippen molar-refractivity contribution in [1.29, 1.82) is 0 Å². The highest BCUT2D eigenvalue weighted by Crippen LogP contribution is 2.27. The zero-order chi connectivity index (χ0) is 21.7. The first kappa shape index (κ1) is 22.6. The molecule has 1 atom stereocenters. The van der Waals surface area contributed by atoms with Crippen molar-refractivity contribution in [1.82, 2.24) is 9.62 Å². The summed E-state index contributed by atoms with van der Waals surface area (Å²) in [7, 11) is -2.07. The van der Waals surface area contributed by atoms with Crippen molar-refractivity contribution < 1.29 is 17.9 Å². The summed E-state index contributed by atoms with van der Waals surface area (Å²) in [5.41, 5.74) is 1.38. The zero-order valence-corrected chi connectivity index (χ0v) is 18.8. The topological polar surface area (TPSA) is 75.7 Å². The van der Waals surface area contributed by atoms with Crippen LogP contribution in [0.15, 0.2) is 47.4 Å². The Morgan fingerprint density at radius 2 is 1.93 bits per heavy atom. The van der Waals surface area contributed by atoms with Crippen LogP contribution in [-0.2, 0) is 10.0 Å². The van der Waals surface area contributed by atoms with Crippen LogP contribution in [0.4, 0.5) is 0 Å². The van der Waals surface area contributed by atoms with E-state index in [1.165, 1.54) is 7.11 Å². The van der Waals surface area contributed by atoms with E-state index in [0.29, 0.717) is 40.7 Å². The average molecular weight is 451 g/mol. The molecule has 1 saturated heterocycles. The fraction of sp³-hybridized carbons (Fsp3) is 0.409. The van der Waals surface area contributed by atoms with Gasteiger partial charge in [0.2, 0.25) is 10.0 Å². The number of carbonyl (C=O) groups excluding carboxylic acids is 1. The predicted molar refractivity (Wildman–Crippen MR) is 118 cm³/mol. The van der Waals surface area contributed by atoms with Gasteiger partial charge >= 0.3 is 0 Å². The van der Waals surface area contributed by atoms with Gasteiger partial charge in [-0.3, -0.25) is 4.79 Å². The lowest BCUT2D eigenvalue weighted by atomic mass is 10.0. The number of carbonyl (C=O) groups is 1. The van der Waals surface area contributed by atoms with Gasteiger partial charge in [0, 0.05) is 24.2 Å². The second-order valence-electron chi connectivity index (χ2n) is 7.47. The number of amides is 1.